The zero-order chi connectivity index (χ0) is 7.90. The molecule has 11 heavy (non-hydrogen) atoms. The molecule has 0 aromatic rings. The lowest BCUT2D eigenvalue weighted by molar-refractivity contribution is 0.109. The van der Waals surface area contributed by atoms with Gasteiger partial charge in [-0.05, 0) is 32.7 Å². The summed E-state index contributed by atoms with van der Waals surface area (Å²) in [4.78, 5) is 2.54. The molecule has 2 heteroatoms. The van der Waals surface area contributed by atoms with Crippen LogP contribution in [0.1, 0.15) is 25.7 Å². The van der Waals surface area contributed by atoms with Crippen LogP contribution in [-0.4, -0.2) is 37.2 Å². The van der Waals surface area contributed by atoms with E-state index in [1.54, 1.807) is 7.11 Å². The largest absolute Gasteiger partial charge is 0.383 e. The predicted octanol–water partition coefficient (Wildman–Crippen LogP) is 1.26. The summed E-state index contributed by atoms with van der Waals surface area (Å²) in [7, 11) is 4.05. The fourth-order valence-electron chi connectivity index (χ4n) is 2.33. The Kier molecular flexibility index (Phi) is 1.69. The molecule has 1 saturated carbocycles. The summed E-state index contributed by atoms with van der Waals surface area (Å²) >= 11 is 0. The molecule has 1 saturated heterocycles. The van der Waals surface area contributed by atoms with Crippen molar-refractivity contribution in [2.45, 2.75) is 37.3 Å². The second-order valence-electron chi connectivity index (χ2n) is 3.98. The zero-order valence-electron chi connectivity index (χ0n) is 7.47. The van der Waals surface area contributed by atoms with E-state index < -0.39 is 0 Å². The second-order valence-corrected chi connectivity index (χ2v) is 3.98. The molecule has 0 amide bonds. The van der Waals surface area contributed by atoms with Gasteiger partial charge in [0.1, 0.15) is 0 Å². The van der Waals surface area contributed by atoms with Crippen LogP contribution in [0, 0.1) is 0 Å². The molecule has 1 heterocycles. The number of hydrogen-bond donors (Lipinski definition) is 0. The minimum Gasteiger partial charge on any atom is -0.383 e. The van der Waals surface area contributed by atoms with E-state index in [1.165, 1.54) is 25.7 Å². The van der Waals surface area contributed by atoms with E-state index in [0.29, 0.717) is 11.6 Å². The van der Waals surface area contributed by atoms with Gasteiger partial charge in [-0.3, -0.25) is 4.90 Å². The van der Waals surface area contributed by atoms with Gasteiger partial charge in [-0.25, -0.2) is 0 Å². The molecule has 1 atom stereocenters. The third kappa shape index (κ3) is 1.09. The first kappa shape index (κ1) is 7.56. The van der Waals surface area contributed by atoms with Gasteiger partial charge in [-0.15, -0.1) is 0 Å². The Morgan fingerprint density at radius 1 is 1.45 bits per heavy atom. The molecule has 1 aliphatic carbocycles. The van der Waals surface area contributed by atoms with E-state index >= 15 is 0 Å². The Morgan fingerprint density at radius 2 is 2.18 bits per heavy atom. The van der Waals surface area contributed by atoms with Gasteiger partial charge in [-0.2, -0.15) is 0 Å². The van der Waals surface area contributed by atoms with E-state index in [-0.39, 0.29) is 0 Å². The van der Waals surface area contributed by atoms with Gasteiger partial charge in [0.15, 0.2) is 0 Å². The number of methoxy groups -OCH3 is 1. The van der Waals surface area contributed by atoms with Crippen LogP contribution in [0.2, 0.25) is 0 Å². The lowest BCUT2D eigenvalue weighted by atomic mass is 10.2. The minimum atomic E-state index is 0.628. The standard InChI is InChI=1S/C9H17NO/c1-10-8(7-11-2)3-4-9(10)5-6-9/h8H,3-7H2,1-2H3. The number of ether oxygens (including phenoxy) is 1. The Balaban J connectivity index is 1.95. The lowest BCUT2D eigenvalue weighted by Crippen LogP contribution is -2.36. The fraction of sp³-hybridized carbons (Fsp3) is 1.00. The van der Waals surface area contributed by atoms with E-state index in [9.17, 15) is 0 Å². The van der Waals surface area contributed by atoms with Crippen LogP contribution >= 0.6 is 0 Å². The molecule has 2 fully saturated rings. The van der Waals surface area contributed by atoms with Crippen molar-refractivity contribution in [3.63, 3.8) is 0 Å². The molecule has 0 N–H and O–H groups in total. The molecular weight excluding hydrogens is 138 g/mol. The van der Waals surface area contributed by atoms with Crippen LogP contribution < -0.4 is 0 Å². The Morgan fingerprint density at radius 3 is 2.64 bits per heavy atom. The average molecular weight is 155 g/mol. The number of likely N-dealkylation sites (tertiary alicyclic amines) is 1. The maximum atomic E-state index is 5.18. The number of nitrogens with zero attached hydrogens (tertiary/aromatic N) is 1. The van der Waals surface area contributed by atoms with Crippen LogP contribution in [0.15, 0.2) is 0 Å². The zero-order valence-corrected chi connectivity index (χ0v) is 7.47. The summed E-state index contributed by atoms with van der Waals surface area (Å²) in [6.07, 6.45) is 5.58. The Bertz CT molecular complexity index is 154. The maximum absolute atomic E-state index is 5.18. The highest BCUT2D eigenvalue weighted by Crippen LogP contribution is 2.50. The lowest BCUT2D eigenvalue weighted by Gasteiger charge is -2.24. The SMILES string of the molecule is COCC1CCC2(CC2)N1C. The topological polar surface area (TPSA) is 12.5 Å². The smallest absolute Gasteiger partial charge is 0.0618 e. The van der Waals surface area contributed by atoms with Crippen molar-refractivity contribution in [2.75, 3.05) is 20.8 Å². The fourth-order valence-corrected chi connectivity index (χ4v) is 2.33. The summed E-state index contributed by atoms with van der Waals surface area (Å²) in [6, 6.07) is 0.697. The third-order valence-corrected chi connectivity index (χ3v) is 3.43. The number of likely N-dealkylation sites (N-methyl/N-ethyl adjacent to an activating group) is 1. The predicted molar refractivity (Wildman–Crippen MR) is 44.6 cm³/mol. The van der Waals surface area contributed by atoms with Gasteiger partial charge >= 0.3 is 0 Å². The summed E-state index contributed by atoms with van der Waals surface area (Å²) in [5.74, 6) is 0. The van der Waals surface area contributed by atoms with Crippen LogP contribution in [0.4, 0.5) is 0 Å². The number of rotatable bonds is 2. The van der Waals surface area contributed by atoms with Crippen LogP contribution in [-0.2, 0) is 4.74 Å². The number of hydrogen-bond acceptors (Lipinski definition) is 2. The van der Waals surface area contributed by atoms with Gasteiger partial charge < -0.3 is 4.74 Å². The van der Waals surface area contributed by atoms with E-state index in [4.69, 9.17) is 4.74 Å². The minimum absolute atomic E-state index is 0.628. The molecule has 0 aromatic carbocycles. The summed E-state index contributed by atoms with van der Waals surface area (Å²) in [6.45, 7) is 0.915. The molecule has 0 bridgehead atoms. The molecule has 2 rings (SSSR count). The van der Waals surface area contributed by atoms with Crippen molar-refractivity contribution in [2.24, 2.45) is 0 Å². The molecular formula is C9H17NO. The first-order valence-electron chi connectivity index (χ1n) is 4.50. The summed E-state index contributed by atoms with van der Waals surface area (Å²) in [5, 5.41) is 0. The molecule has 0 radical (unpaired) electrons. The second kappa shape index (κ2) is 2.46. The van der Waals surface area contributed by atoms with Gasteiger partial charge in [0.25, 0.3) is 0 Å². The van der Waals surface area contributed by atoms with Crippen molar-refractivity contribution in [3.05, 3.63) is 0 Å². The Hall–Kier alpha value is -0.0800. The van der Waals surface area contributed by atoms with Crippen LogP contribution in [0.3, 0.4) is 0 Å². The third-order valence-electron chi connectivity index (χ3n) is 3.43. The van der Waals surface area contributed by atoms with Gasteiger partial charge in [0.2, 0.25) is 0 Å². The quantitative estimate of drug-likeness (QED) is 0.595. The molecule has 2 nitrogen and oxygen atoms in total. The van der Waals surface area contributed by atoms with Crippen molar-refractivity contribution < 1.29 is 4.74 Å². The van der Waals surface area contributed by atoms with Gasteiger partial charge in [0.05, 0.1) is 6.61 Å². The van der Waals surface area contributed by atoms with Crippen molar-refractivity contribution >= 4 is 0 Å². The van der Waals surface area contributed by atoms with Gasteiger partial charge in [0, 0.05) is 18.7 Å². The van der Waals surface area contributed by atoms with Crippen molar-refractivity contribution in [3.8, 4) is 0 Å². The molecule has 64 valence electrons. The highest BCUT2D eigenvalue weighted by Gasteiger charge is 2.52. The molecule has 1 unspecified atom stereocenters. The summed E-state index contributed by atoms with van der Waals surface area (Å²) in [5.41, 5.74) is 0.628. The highest BCUT2D eigenvalue weighted by molar-refractivity contribution is 5.09. The molecule has 1 aliphatic heterocycles. The van der Waals surface area contributed by atoms with E-state index in [0.717, 1.165) is 6.61 Å². The van der Waals surface area contributed by atoms with Crippen LogP contribution in [0.5, 0.6) is 0 Å². The molecule has 1 spiro atoms. The molecule has 2 aliphatic rings. The maximum Gasteiger partial charge on any atom is 0.0618 e. The first-order chi connectivity index (χ1) is 5.28. The van der Waals surface area contributed by atoms with Gasteiger partial charge in [-0.1, -0.05) is 0 Å². The van der Waals surface area contributed by atoms with Crippen molar-refractivity contribution in [1.82, 2.24) is 4.90 Å². The normalized spacial score (nSPS) is 34.9. The first-order valence-corrected chi connectivity index (χ1v) is 4.50. The molecule has 0 aromatic heterocycles. The highest BCUT2D eigenvalue weighted by atomic mass is 16.5. The van der Waals surface area contributed by atoms with Crippen molar-refractivity contribution in [1.29, 1.82) is 0 Å². The Labute approximate surface area is 68.5 Å². The summed E-state index contributed by atoms with van der Waals surface area (Å²) < 4.78 is 5.18. The van der Waals surface area contributed by atoms with Crippen LogP contribution in [0.25, 0.3) is 0 Å². The average Bonchev–Trinajstić information content (AvgIpc) is 2.71. The van der Waals surface area contributed by atoms with E-state index in [1.807, 2.05) is 0 Å². The monoisotopic (exact) mass is 155 g/mol. The van der Waals surface area contributed by atoms with E-state index in [2.05, 4.69) is 11.9 Å².